The van der Waals surface area contributed by atoms with E-state index < -0.39 is 17.5 Å². The largest absolute Gasteiger partial charge is 0.322 e. The van der Waals surface area contributed by atoms with Crippen LogP contribution in [0.4, 0.5) is 14.5 Å². The Hall–Kier alpha value is -1.94. The maximum atomic E-state index is 13.3. The van der Waals surface area contributed by atoms with Crippen molar-refractivity contribution in [1.82, 2.24) is 0 Å². The Bertz CT molecular complexity index is 601. The van der Waals surface area contributed by atoms with E-state index in [2.05, 4.69) is 5.32 Å². The average molecular weight is 268 g/mol. The van der Waals surface area contributed by atoms with Crippen LogP contribution >= 0.6 is 11.6 Å². The minimum Gasteiger partial charge on any atom is -0.322 e. The van der Waals surface area contributed by atoms with Gasteiger partial charge in [-0.1, -0.05) is 23.7 Å². The number of hydrogen-bond donors (Lipinski definition) is 1. The maximum Gasteiger partial charge on any atom is 0.258 e. The van der Waals surface area contributed by atoms with Gasteiger partial charge in [0.15, 0.2) is 0 Å². The van der Waals surface area contributed by atoms with E-state index in [0.29, 0.717) is 0 Å². The molecule has 2 nitrogen and oxygen atoms in total. The van der Waals surface area contributed by atoms with Gasteiger partial charge in [-0.2, -0.15) is 0 Å². The van der Waals surface area contributed by atoms with E-state index in [1.165, 1.54) is 30.3 Å². The molecule has 18 heavy (non-hydrogen) atoms. The van der Waals surface area contributed by atoms with Gasteiger partial charge in [0.05, 0.1) is 10.6 Å². The Kier molecular flexibility index (Phi) is 3.58. The third kappa shape index (κ3) is 2.65. The lowest BCUT2D eigenvalue weighted by molar-refractivity contribution is 0.102. The molecule has 0 saturated carbocycles. The van der Waals surface area contributed by atoms with Gasteiger partial charge in [0, 0.05) is 5.69 Å². The molecule has 0 aliphatic carbocycles. The number of anilines is 1. The summed E-state index contributed by atoms with van der Waals surface area (Å²) in [5, 5.41) is 2.35. The van der Waals surface area contributed by atoms with Gasteiger partial charge in [-0.25, -0.2) is 8.78 Å². The first kappa shape index (κ1) is 12.5. The van der Waals surface area contributed by atoms with Crippen LogP contribution in [0.1, 0.15) is 10.4 Å². The van der Waals surface area contributed by atoms with Crippen molar-refractivity contribution in [3.63, 3.8) is 0 Å². The number of nitrogens with one attached hydrogen (secondary N) is 1. The highest BCUT2D eigenvalue weighted by atomic mass is 35.5. The Morgan fingerprint density at radius 2 is 1.78 bits per heavy atom. The van der Waals surface area contributed by atoms with Crippen molar-refractivity contribution in [2.45, 2.75) is 0 Å². The summed E-state index contributed by atoms with van der Waals surface area (Å²) in [4.78, 5) is 11.7. The van der Waals surface area contributed by atoms with Crippen LogP contribution < -0.4 is 5.32 Å². The molecular weight excluding hydrogens is 260 g/mol. The minimum absolute atomic E-state index is 0.0427. The SMILES string of the molecule is O=C(Nc1ccc(Cl)c(F)c1)c1ccccc1F. The maximum absolute atomic E-state index is 13.3. The quantitative estimate of drug-likeness (QED) is 0.879. The lowest BCUT2D eigenvalue weighted by atomic mass is 10.2. The Balaban J connectivity index is 2.22. The molecule has 0 unspecified atom stereocenters. The molecule has 5 heteroatoms. The van der Waals surface area contributed by atoms with E-state index in [1.807, 2.05) is 0 Å². The lowest BCUT2D eigenvalue weighted by Gasteiger charge is -2.06. The molecule has 0 spiro atoms. The molecular formula is C13H8ClF2NO. The third-order valence-electron chi connectivity index (χ3n) is 2.30. The van der Waals surface area contributed by atoms with Gasteiger partial charge in [0.25, 0.3) is 5.91 Å². The summed E-state index contributed by atoms with van der Waals surface area (Å²) in [5.74, 6) is -1.93. The third-order valence-corrected chi connectivity index (χ3v) is 2.60. The molecule has 0 heterocycles. The first-order chi connectivity index (χ1) is 8.58. The Labute approximate surface area is 107 Å². The van der Waals surface area contributed by atoms with Crippen LogP contribution in [0.2, 0.25) is 5.02 Å². The molecule has 0 aliphatic heterocycles. The summed E-state index contributed by atoms with van der Waals surface area (Å²) in [5.41, 5.74) is 0.109. The van der Waals surface area contributed by atoms with Crippen molar-refractivity contribution in [3.8, 4) is 0 Å². The van der Waals surface area contributed by atoms with Gasteiger partial charge in [-0.15, -0.1) is 0 Å². The van der Waals surface area contributed by atoms with Crippen molar-refractivity contribution in [2.75, 3.05) is 5.32 Å². The van der Waals surface area contributed by atoms with E-state index in [4.69, 9.17) is 11.6 Å². The minimum atomic E-state index is -0.650. The van der Waals surface area contributed by atoms with E-state index in [9.17, 15) is 13.6 Å². The molecule has 0 radical (unpaired) electrons. The molecule has 1 amide bonds. The number of amides is 1. The highest BCUT2D eigenvalue weighted by Crippen LogP contribution is 2.19. The second-order valence-electron chi connectivity index (χ2n) is 3.56. The zero-order valence-electron chi connectivity index (χ0n) is 9.08. The standard InChI is InChI=1S/C13H8ClF2NO/c14-10-6-5-8(7-12(10)16)17-13(18)9-3-1-2-4-11(9)15/h1-7H,(H,17,18). The predicted octanol–water partition coefficient (Wildman–Crippen LogP) is 3.87. The van der Waals surface area contributed by atoms with Crippen molar-refractivity contribution >= 4 is 23.2 Å². The van der Waals surface area contributed by atoms with Crippen LogP contribution in [0, 0.1) is 11.6 Å². The van der Waals surface area contributed by atoms with Gasteiger partial charge < -0.3 is 5.32 Å². The van der Waals surface area contributed by atoms with Crippen LogP contribution in [0.3, 0.4) is 0 Å². The highest BCUT2D eigenvalue weighted by molar-refractivity contribution is 6.30. The summed E-state index contributed by atoms with van der Waals surface area (Å²) < 4.78 is 26.5. The van der Waals surface area contributed by atoms with E-state index in [1.54, 1.807) is 6.07 Å². The molecule has 0 aromatic heterocycles. The summed E-state index contributed by atoms with van der Waals surface area (Å²) in [6.45, 7) is 0. The van der Waals surface area contributed by atoms with Crippen LogP contribution in [0.15, 0.2) is 42.5 Å². The van der Waals surface area contributed by atoms with Crippen LogP contribution in [0.5, 0.6) is 0 Å². The van der Waals surface area contributed by atoms with Gasteiger partial charge in [-0.05, 0) is 30.3 Å². The van der Waals surface area contributed by atoms with Crippen LogP contribution in [-0.2, 0) is 0 Å². The number of halogens is 3. The fourth-order valence-corrected chi connectivity index (χ4v) is 1.54. The fourth-order valence-electron chi connectivity index (χ4n) is 1.42. The molecule has 0 atom stereocenters. The monoisotopic (exact) mass is 267 g/mol. The molecule has 2 aromatic rings. The molecule has 0 fully saturated rings. The molecule has 1 N–H and O–H groups in total. The van der Waals surface area contributed by atoms with Gasteiger partial charge >= 0.3 is 0 Å². The molecule has 0 aliphatic rings. The second-order valence-corrected chi connectivity index (χ2v) is 3.97. The molecule has 92 valence electrons. The molecule has 0 bridgehead atoms. The highest BCUT2D eigenvalue weighted by Gasteiger charge is 2.11. The first-order valence-electron chi connectivity index (χ1n) is 5.09. The topological polar surface area (TPSA) is 29.1 Å². The lowest BCUT2D eigenvalue weighted by Crippen LogP contribution is -2.13. The van der Waals surface area contributed by atoms with Crippen LogP contribution in [0.25, 0.3) is 0 Å². The van der Waals surface area contributed by atoms with Crippen molar-refractivity contribution in [1.29, 1.82) is 0 Å². The van der Waals surface area contributed by atoms with Crippen molar-refractivity contribution < 1.29 is 13.6 Å². The Morgan fingerprint density at radius 1 is 1.06 bits per heavy atom. The fraction of sp³-hybridized carbons (Fsp3) is 0. The number of carbonyl (C=O) groups is 1. The number of carbonyl (C=O) groups excluding carboxylic acids is 1. The summed E-state index contributed by atoms with van der Waals surface area (Å²) in [7, 11) is 0. The van der Waals surface area contributed by atoms with Gasteiger partial charge in [0.2, 0.25) is 0 Å². The Morgan fingerprint density at radius 3 is 2.44 bits per heavy atom. The number of hydrogen-bond acceptors (Lipinski definition) is 1. The van der Waals surface area contributed by atoms with Gasteiger partial charge in [-0.3, -0.25) is 4.79 Å². The smallest absolute Gasteiger partial charge is 0.258 e. The first-order valence-corrected chi connectivity index (χ1v) is 5.46. The summed E-state index contributed by atoms with van der Waals surface area (Å²) in [6.07, 6.45) is 0. The zero-order chi connectivity index (χ0) is 13.1. The van der Waals surface area contributed by atoms with Crippen molar-refractivity contribution in [3.05, 3.63) is 64.7 Å². The van der Waals surface area contributed by atoms with E-state index >= 15 is 0 Å². The predicted molar refractivity (Wildman–Crippen MR) is 65.8 cm³/mol. The van der Waals surface area contributed by atoms with Gasteiger partial charge in [0.1, 0.15) is 11.6 Å². The second kappa shape index (κ2) is 5.14. The van der Waals surface area contributed by atoms with Crippen molar-refractivity contribution in [2.24, 2.45) is 0 Å². The molecule has 2 rings (SSSR count). The molecule has 0 saturated heterocycles. The zero-order valence-corrected chi connectivity index (χ0v) is 9.84. The van der Waals surface area contributed by atoms with E-state index in [0.717, 1.165) is 6.07 Å². The summed E-state index contributed by atoms with van der Waals surface area (Å²) in [6, 6.07) is 9.36. The molecule has 2 aromatic carbocycles. The summed E-state index contributed by atoms with van der Waals surface area (Å²) >= 11 is 5.51. The average Bonchev–Trinajstić information content (AvgIpc) is 2.34. The number of rotatable bonds is 2. The number of benzene rings is 2. The van der Waals surface area contributed by atoms with E-state index in [-0.39, 0.29) is 16.3 Å². The normalized spacial score (nSPS) is 10.2. The van der Waals surface area contributed by atoms with Crippen LogP contribution in [-0.4, -0.2) is 5.91 Å².